The molecule has 94 valence electrons. The van der Waals surface area contributed by atoms with E-state index >= 15 is 0 Å². The minimum Gasteiger partial charge on any atom is -0.507 e. The van der Waals surface area contributed by atoms with E-state index < -0.39 is 0 Å². The van der Waals surface area contributed by atoms with Crippen LogP contribution in [-0.2, 0) is 13.0 Å². The highest BCUT2D eigenvalue weighted by molar-refractivity contribution is 5.58. The van der Waals surface area contributed by atoms with Gasteiger partial charge in [-0.25, -0.2) is 0 Å². The largest absolute Gasteiger partial charge is 0.507 e. The number of aliphatic hydroxyl groups is 1. The fourth-order valence-electron chi connectivity index (χ4n) is 2.46. The van der Waals surface area contributed by atoms with Crippen molar-refractivity contribution in [2.75, 3.05) is 0 Å². The number of benzene rings is 1. The number of fused-ring (bicyclic) bond motifs is 1. The van der Waals surface area contributed by atoms with E-state index in [0.717, 1.165) is 40.8 Å². The van der Waals surface area contributed by atoms with Gasteiger partial charge >= 0.3 is 0 Å². The molecule has 0 fully saturated rings. The van der Waals surface area contributed by atoms with Crippen molar-refractivity contribution >= 4 is 0 Å². The van der Waals surface area contributed by atoms with Crippen LogP contribution < -0.4 is 4.74 Å². The quantitative estimate of drug-likeness (QED) is 0.788. The van der Waals surface area contributed by atoms with Gasteiger partial charge in [-0.15, -0.1) is 0 Å². The minimum atomic E-state index is -0.202. The molecule has 0 unspecified atom stereocenters. The van der Waals surface area contributed by atoms with Crippen molar-refractivity contribution in [3.63, 3.8) is 0 Å². The van der Waals surface area contributed by atoms with E-state index in [2.05, 4.69) is 13.8 Å². The minimum absolute atomic E-state index is 0.0991. The van der Waals surface area contributed by atoms with Crippen molar-refractivity contribution in [3.05, 3.63) is 22.3 Å². The molecular weight excluding hydrogens is 216 g/mol. The molecule has 17 heavy (non-hydrogen) atoms. The van der Waals surface area contributed by atoms with Crippen molar-refractivity contribution in [3.8, 4) is 11.5 Å². The van der Waals surface area contributed by atoms with Crippen molar-refractivity contribution in [2.45, 2.75) is 52.7 Å². The smallest absolute Gasteiger partial charge is 0.129 e. The van der Waals surface area contributed by atoms with Crippen LogP contribution in [0.4, 0.5) is 0 Å². The summed E-state index contributed by atoms with van der Waals surface area (Å²) in [5.74, 6) is 1.06. The lowest BCUT2D eigenvalue weighted by molar-refractivity contribution is 0.0805. The molecule has 0 atom stereocenters. The molecule has 0 saturated heterocycles. The molecule has 1 aromatic carbocycles. The fraction of sp³-hybridized carbons (Fsp3) is 0.571. The van der Waals surface area contributed by atoms with Gasteiger partial charge < -0.3 is 14.9 Å². The first-order valence-corrected chi connectivity index (χ1v) is 6.01. The van der Waals surface area contributed by atoms with Crippen LogP contribution in [-0.4, -0.2) is 15.8 Å². The average Bonchev–Trinajstić information content (AvgIpc) is 2.26. The van der Waals surface area contributed by atoms with Crippen molar-refractivity contribution in [1.29, 1.82) is 0 Å². The van der Waals surface area contributed by atoms with Gasteiger partial charge in [0.05, 0.1) is 6.61 Å². The third-order valence-electron chi connectivity index (χ3n) is 3.68. The number of phenolic OH excluding ortho intramolecular Hbond substituents is 1. The summed E-state index contributed by atoms with van der Waals surface area (Å²) in [6.07, 6.45) is 1.81. The number of phenols is 1. The summed E-state index contributed by atoms with van der Waals surface area (Å²) in [5, 5.41) is 19.5. The Labute approximate surface area is 102 Å². The van der Waals surface area contributed by atoms with Gasteiger partial charge in [-0.3, -0.25) is 0 Å². The maximum Gasteiger partial charge on any atom is 0.129 e. The van der Waals surface area contributed by atoms with Gasteiger partial charge in [0.25, 0.3) is 0 Å². The molecule has 1 aromatic rings. The molecule has 1 aliphatic rings. The van der Waals surface area contributed by atoms with E-state index in [4.69, 9.17) is 4.74 Å². The topological polar surface area (TPSA) is 49.7 Å². The molecule has 0 saturated carbocycles. The Kier molecular flexibility index (Phi) is 2.82. The molecule has 0 amide bonds. The van der Waals surface area contributed by atoms with Gasteiger partial charge in [-0.1, -0.05) is 0 Å². The highest BCUT2D eigenvalue weighted by Crippen LogP contribution is 2.43. The third kappa shape index (κ3) is 1.89. The summed E-state index contributed by atoms with van der Waals surface area (Å²) < 4.78 is 5.99. The predicted octanol–water partition coefficient (Wildman–Crippen LogP) is 2.60. The summed E-state index contributed by atoms with van der Waals surface area (Å²) in [7, 11) is 0. The second-order valence-electron chi connectivity index (χ2n) is 5.40. The number of aliphatic hydroxyl groups excluding tert-OH is 1. The Morgan fingerprint density at radius 3 is 2.47 bits per heavy atom. The van der Waals surface area contributed by atoms with E-state index in [1.165, 1.54) is 0 Å². The molecule has 0 aliphatic carbocycles. The van der Waals surface area contributed by atoms with Crippen LogP contribution >= 0.6 is 0 Å². The molecular formula is C14H20O3. The van der Waals surface area contributed by atoms with Gasteiger partial charge in [-0.05, 0) is 46.1 Å². The molecule has 1 heterocycles. The Balaban J connectivity index is 2.67. The molecule has 2 N–H and O–H groups in total. The molecule has 1 aliphatic heterocycles. The zero-order valence-electron chi connectivity index (χ0n) is 10.9. The van der Waals surface area contributed by atoms with E-state index in [0.29, 0.717) is 0 Å². The van der Waals surface area contributed by atoms with Gasteiger partial charge in [-0.2, -0.15) is 0 Å². The van der Waals surface area contributed by atoms with Gasteiger partial charge in [0, 0.05) is 16.7 Å². The van der Waals surface area contributed by atoms with Gasteiger partial charge in [0.15, 0.2) is 0 Å². The number of aromatic hydroxyl groups is 1. The van der Waals surface area contributed by atoms with Crippen LogP contribution in [0.15, 0.2) is 0 Å². The second kappa shape index (κ2) is 3.91. The van der Waals surface area contributed by atoms with Gasteiger partial charge in [0.1, 0.15) is 17.1 Å². The molecule has 3 nitrogen and oxygen atoms in total. The zero-order chi connectivity index (χ0) is 12.8. The lowest BCUT2D eigenvalue weighted by atomic mass is 9.88. The van der Waals surface area contributed by atoms with Crippen molar-refractivity contribution in [1.82, 2.24) is 0 Å². The molecule has 0 spiro atoms. The Hall–Kier alpha value is -1.22. The first-order chi connectivity index (χ1) is 7.87. The van der Waals surface area contributed by atoms with Crippen LogP contribution in [0.2, 0.25) is 0 Å². The molecule has 0 radical (unpaired) electrons. The first-order valence-electron chi connectivity index (χ1n) is 6.01. The zero-order valence-corrected chi connectivity index (χ0v) is 10.9. The van der Waals surface area contributed by atoms with Crippen LogP contribution in [0.5, 0.6) is 11.5 Å². The average molecular weight is 236 g/mol. The third-order valence-corrected chi connectivity index (χ3v) is 3.68. The van der Waals surface area contributed by atoms with Crippen LogP contribution in [0.25, 0.3) is 0 Å². The molecule has 3 heteroatoms. The van der Waals surface area contributed by atoms with Crippen molar-refractivity contribution < 1.29 is 14.9 Å². The summed E-state index contributed by atoms with van der Waals surface area (Å²) in [4.78, 5) is 0. The van der Waals surface area contributed by atoms with Crippen LogP contribution in [0.3, 0.4) is 0 Å². The van der Waals surface area contributed by atoms with Crippen molar-refractivity contribution in [2.24, 2.45) is 0 Å². The number of hydrogen-bond acceptors (Lipinski definition) is 3. The normalized spacial score (nSPS) is 17.5. The predicted molar refractivity (Wildman–Crippen MR) is 66.5 cm³/mol. The highest BCUT2D eigenvalue weighted by atomic mass is 16.5. The summed E-state index contributed by atoms with van der Waals surface area (Å²) in [6, 6.07) is 0. The highest BCUT2D eigenvalue weighted by Gasteiger charge is 2.31. The lowest BCUT2D eigenvalue weighted by Gasteiger charge is -2.35. The second-order valence-corrected chi connectivity index (χ2v) is 5.40. The first kappa shape index (κ1) is 12.2. The van der Waals surface area contributed by atoms with E-state index in [-0.39, 0.29) is 18.0 Å². The Morgan fingerprint density at radius 1 is 1.24 bits per heavy atom. The van der Waals surface area contributed by atoms with E-state index in [1.54, 1.807) is 0 Å². The summed E-state index contributed by atoms with van der Waals surface area (Å²) >= 11 is 0. The van der Waals surface area contributed by atoms with E-state index in [9.17, 15) is 10.2 Å². The Bertz CT molecular complexity index is 438. The lowest BCUT2D eigenvalue weighted by Crippen LogP contribution is -2.33. The number of ether oxygens (including phenoxy) is 1. The fourth-order valence-corrected chi connectivity index (χ4v) is 2.46. The standard InChI is InChI=1S/C14H20O3/c1-8-10-5-6-14(3,4)17-13(10)11(7-15)9(2)12(8)16/h15-16H,5-7H2,1-4H3. The summed E-state index contributed by atoms with van der Waals surface area (Å²) in [5.41, 5.74) is 3.16. The van der Waals surface area contributed by atoms with Crippen LogP contribution in [0.1, 0.15) is 42.5 Å². The number of rotatable bonds is 1. The summed E-state index contributed by atoms with van der Waals surface area (Å²) in [6.45, 7) is 7.73. The monoisotopic (exact) mass is 236 g/mol. The number of hydrogen-bond donors (Lipinski definition) is 2. The van der Waals surface area contributed by atoms with Gasteiger partial charge in [0.2, 0.25) is 0 Å². The maximum absolute atomic E-state index is 10.0. The maximum atomic E-state index is 10.0. The molecule has 2 rings (SSSR count). The SMILES string of the molecule is Cc1c(O)c(C)c2c(c1CO)OC(C)(C)CC2. The molecule has 0 bridgehead atoms. The molecule has 0 aromatic heterocycles. The Morgan fingerprint density at radius 2 is 1.88 bits per heavy atom. The van der Waals surface area contributed by atoms with Crippen LogP contribution in [0, 0.1) is 13.8 Å². The van der Waals surface area contributed by atoms with E-state index in [1.807, 2.05) is 13.8 Å².